The summed E-state index contributed by atoms with van der Waals surface area (Å²) in [5.74, 6) is -1.12. The third kappa shape index (κ3) is 4.73. The van der Waals surface area contributed by atoms with Crippen molar-refractivity contribution in [2.24, 2.45) is 0 Å². The maximum Gasteiger partial charge on any atom is 0.341 e. The molecule has 0 radical (unpaired) electrons. The lowest BCUT2D eigenvalue weighted by Gasteiger charge is -2.15. The van der Waals surface area contributed by atoms with E-state index in [0.29, 0.717) is 0 Å². The van der Waals surface area contributed by atoms with Crippen molar-refractivity contribution in [2.75, 3.05) is 11.0 Å². The number of para-hydroxylation sites is 1. The maximum absolute atomic E-state index is 12.1. The van der Waals surface area contributed by atoms with Gasteiger partial charge in [0.05, 0.1) is 17.5 Å². The van der Waals surface area contributed by atoms with Crippen molar-refractivity contribution < 1.29 is 22.7 Å². The number of ether oxygens (including phenoxy) is 1. The van der Waals surface area contributed by atoms with E-state index in [2.05, 4.69) is 10.0 Å². The van der Waals surface area contributed by atoms with Gasteiger partial charge in [-0.1, -0.05) is 12.1 Å². The molecule has 0 aromatic heterocycles. The lowest BCUT2D eigenvalue weighted by molar-refractivity contribution is -0.129. The molecule has 0 saturated heterocycles. The molecule has 2 N–H and O–H groups in total. The quantitative estimate of drug-likeness (QED) is 0.756. The van der Waals surface area contributed by atoms with Gasteiger partial charge in [0.25, 0.3) is 5.91 Å². The fourth-order valence-corrected chi connectivity index (χ4v) is 2.35. The first-order chi connectivity index (χ1) is 10.3. The second-order valence-corrected chi connectivity index (χ2v) is 7.00. The van der Waals surface area contributed by atoms with Crippen molar-refractivity contribution in [3.05, 3.63) is 29.8 Å². The minimum absolute atomic E-state index is 0.0546. The smallest absolute Gasteiger partial charge is 0.341 e. The van der Waals surface area contributed by atoms with Crippen LogP contribution in [0.5, 0.6) is 0 Å². The molecule has 1 aromatic rings. The van der Waals surface area contributed by atoms with E-state index in [9.17, 15) is 18.0 Å². The number of esters is 1. The highest BCUT2D eigenvalue weighted by Gasteiger charge is 2.27. The van der Waals surface area contributed by atoms with Crippen molar-refractivity contribution in [3.8, 4) is 0 Å². The van der Waals surface area contributed by atoms with Gasteiger partial charge in [0.1, 0.15) is 0 Å². The summed E-state index contributed by atoms with van der Waals surface area (Å²) in [5.41, 5.74) is 0.170. The molecule has 22 heavy (non-hydrogen) atoms. The molecule has 1 fully saturated rings. The Kier molecular flexibility index (Phi) is 4.70. The summed E-state index contributed by atoms with van der Waals surface area (Å²) in [6.07, 6.45) is 1.92. The van der Waals surface area contributed by atoms with Crippen LogP contribution in [0.3, 0.4) is 0 Å². The first kappa shape index (κ1) is 16.3. The molecule has 1 aliphatic carbocycles. The minimum atomic E-state index is -3.52. The fraction of sp³-hybridized carbons (Fsp3) is 0.429. The second-order valence-electron chi connectivity index (χ2n) is 5.25. The molecule has 0 aliphatic heterocycles. The lowest BCUT2D eigenvalue weighted by Crippen LogP contribution is -2.37. The van der Waals surface area contributed by atoms with E-state index in [1.54, 1.807) is 12.1 Å². The first-order valence-corrected chi connectivity index (χ1v) is 8.73. The highest BCUT2D eigenvalue weighted by molar-refractivity contribution is 7.92. The van der Waals surface area contributed by atoms with Gasteiger partial charge in [0.2, 0.25) is 10.0 Å². The van der Waals surface area contributed by atoms with Crippen LogP contribution in [0.1, 0.15) is 30.1 Å². The molecule has 8 heteroatoms. The van der Waals surface area contributed by atoms with E-state index in [1.807, 2.05) is 0 Å². The van der Waals surface area contributed by atoms with Crippen LogP contribution in [0.2, 0.25) is 0 Å². The van der Waals surface area contributed by atoms with Crippen LogP contribution in [-0.4, -0.2) is 38.7 Å². The van der Waals surface area contributed by atoms with Crippen LogP contribution in [0.25, 0.3) is 0 Å². The summed E-state index contributed by atoms with van der Waals surface area (Å²) in [4.78, 5) is 23.9. The Morgan fingerprint density at radius 2 is 1.91 bits per heavy atom. The molecule has 120 valence electrons. The molecule has 1 atom stereocenters. The van der Waals surface area contributed by atoms with Gasteiger partial charge in [-0.3, -0.25) is 9.52 Å². The lowest BCUT2D eigenvalue weighted by atomic mass is 10.2. The van der Waals surface area contributed by atoms with Crippen LogP contribution < -0.4 is 10.0 Å². The Bertz CT molecular complexity index is 682. The third-order valence-corrected chi connectivity index (χ3v) is 3.61. The Balaban J connectivity index is 2.06. The van der Waals surface area contributed by atoms with Crippen LogP contribution in [0.15, 0.2) is 24.3 Å². The number of hydrogen-bond donors (Lipinski definition) is 2. The Hall–Kier alpha value is -2.09. The third-order valence-electron chi connectivity index (χ3n) is 3.02. The highest BCUT2D eigenvalue weighted by atomic mass is 32.2. The number of anilines is 1. The fourth-order valence-electron chi connectivity index (χ4n) is 1.77. The van der Waals surface area contributed by atoms with Gasteiger partial charge in [0, 0.05) is 6.04 Å². The Labute approximate surface area is 129 Å². The number of sulfonamides is 1. The normalized spacial score (nSPS) is 15.7. The van der Waals surface area contributed by atoms with E-state index in [0.717, 1.165) is 19.1 Å². The summed E-state index contributed by atoms with van der Waals surface area (Å²) in [6.45, 7) is 1.47. The molecule has 0 unspecified atom stereocenters. The summed E-state index contributed by atoms with van der Waals surface area (Å²) in [7, 11) is -3.52. The zero-order chi connectivity index (χ0) is 16.3. The van der Waals surface area contributed by atoms with Crippen molar-refractivity contribution >= 4 is 27.6 Å². The number of nitrogens with one attached hydrogen (secondary N) is 2. The average molecular weight is 326 g/mol. The zero-order valence-electron chi connectivity index (χ0n) is 12.3. The van der Waals surface area contributed by atoms with Gasteiger partial charge in [-0.25, -0.2) is 13.2 Å². The summed E-state index contributed by atoms with van der Waals surface area (Å²) in [6, 6.07) is 6.23. The van der Waals surface area contributed by atoms with Gasteiger partial charge < -0.3 is 10.1 Å². The average Bonchev–Trinajstić information content (AvgIpc) is 3.21. The van der Waals surface area contributed by atoms with Crippen LogP contribution in [0.4, 0.5) is 5.69 Å². The van der Waals surface area contributed by atoms with Gasteiger partial charge in [-0.2, -0.15) is 0 Å². The molecule has 1 amide bonds. The minimum Gasteiger partial charge on any atom is -0.449 e. The summed E-state index contributed by atoms with van der Waals surface area (Å²) in [5, 5.41) is 2.74. The van der Waals surface area contributed by atoms with Gasteiger partial charge in [-0.15, -0.1) is 0 Å². The monoisotopic (exact) mass is 326 g/mol. The second kappa shape index (κ2) is 6.35. The molecule has 7 nitrogen and oxygen atoms in total. The van der Waals surface area contributed by atoms with Crippen molar-refractivity contribution in [2.45, 2.75) is 31.9 Å². The zero-order valence-corrected chi connectivity index (χ0v) is 13.1. The predicted octanol–water partition coefficient (Wildman–Crippen LogP) is 0.882. The maximum atomic E-state index is 12.1. The molecule has 0 bridgehead atoms. The van der Waals surface area contributed by atoms with Crippen LogP contribution >= 0.6 is 0 Å². The van der Waals surface area contributed by atoms with E-state index in [-0.39, 0.29) is 23.2 Å². The highest BCUT2D eigenvalue weighted by Crippen LogP contribution is 2.20. The van der Waals surface area contributed by atoms with Crippen molar-refractivity contribution in [1.29, 1.82) is 0 Å². The van der Waals surface area contributed by atoms with E-state index in [1.165, 1.54) is 19.1 Å². The number of amides is 1. The number of benzene rings is 1. The molecule has 1 saturated carbocycles. The molecule has 1 aromatic carbocycles. The van der Waals surface area contributed by atoms with Gasteiger partial charge in [-0.05, 0) is 31.9 Å². The van der Waals surface area contributed by atoms with Crippen molar-refractivity contribution in [1.82, 2.24) is 5.32 Å². The number of carbonyl (C=O) groups is 2. The summed E-state index contributed by atoms with van der Waals surface area (Å²) < 4.78 is 30.0. The molecule has 0 spiro atoms. The largest absolute Gasteiger partial charge is 0.449 e. The van der Waals surface area contributed by atoms with Crippen LogP contribution in [-0.2, 0) is 19.6 Å². The molecule has 1 aliphatic rings. The summed E-state index contributed by atoms with van der Waals surface area (Å²) >= 11 is 0. The molecule has 2 rings (SSSR count). The van der Waals surface area contributed by atoms with E-state index >= 15 is 0 Å². The van der Waals surface area contributed by atoms with Crippen molar-refractivity contribution in [3.63, 3.8) is 0 Å². The topological polar surface area (TPSA) is 102 Å². The molecular weight excluding hydrogens is 308 g/mol. The number of carbonyl (C=O) groups excluding carboxylic acids is 2. The standard InChI is InChI=1S/C14H18N2O5S/c1-9(13(17)15-10-7-8-10)21-14(18)11-5-3-4-6-12(11)16-22(2,19)20/h3-6,9-10,16H,7-8H2,1-2H3,(H,15,17)/t9-/m1/s1. The Morgan fingerprint density at radius 3 is 2.50 bits per heavy atom. The molecule has 0 heterocycles. The number of hydrogen-bond acceptors (Lipinski definition) is 5. The van der Waals surface area contributed by atoms with Gasteiger partial charge in [0.15, 0.2) is 6.10 Å². The van der Waals surface area contributed by atoms with Gasteiger partial charge >= 0.3 is 5.97 Å². The van der Waals surface area contributed by atoms with E-state index in [4.69, 9.17) is 4.74 Å². The van der Waals surface area contributed by atoms with Crippen LogP contribution in [0, 0.1) is 0 Å². The number of rotatable bonds is 6. The molecular formula is C14H18N2O5S. The first-order valence-electron chi connectivity index (χ1n) is 6.84. The predicted molar refractivity (Wildman–Crippen MR) is 81.0 cm³/mol. The SMILES string of the molecule is C[C@@H](OC(=O)c1ccccc1NS(C)(=O)=O)C(=O)NC1CC1. The van der Waals surface area contributed by atoms with E-state index < -0.39 is 22.1 Å². The Morgan fingerprint density at radius 1 is 1.27 bits per heavy atom.